The van der Waals surface area contributed by atoms with Crippen LogP contribution in [0.15, 0.2) is 22.7 Å². The Morgan fingerprint density at radius 1 is 1.30 bits per heavy atom. The van der Waals surface area contributed by atoms with Crippen LogP contribution in [0.5, 0.6) is 0 Å². The van der Waals surface area contributed by atoms with Gasteiger partial charge in [0.1, 0.15) is 4.99 Å². The van der Waals surface area contributed by atoms with E-state index in [-0.39, 0.29) is 0 Å². The van der Waals surface area contributed by atoms with Crippen molar-refractivity contribution in [1.29, 1.82) is 0 Å². The minimum absolute atomic E-state index is 0.440. The topological polar surface area (TPSA) is 29.3 Å². The first-order valence-electron chi connectivity index (χ1n) is 7.26. The van der Waals surface area contributed by atoms with E-state index >= 15 is 0 Å². The first-order chi connectivity index (χ1) is 9.40. The van der Waals surface area contributed by atoms with Gasteiger partial charge in [0.05, 0.1) is 5.69 Å². The monoisotopic (exact) mass is 356 g/mol. The van der Waals surface area contributed by atoms with Gasteiger partial charge in [-0.3, -0.25) is 0 Å². The molecule has 0 aliphatic heterocycles. The molecule has 0 bridgehead atoms. The number of hydrogen-bond acceptors (Lipinski definition) is 2. The molecule has 1 rings (SSSR count). The van der Waals surface area contributed by atoms with Crippen molar-refractivity contribution < 1.29 is 0 Å². The van der Waals surface area contributed by atoms with Gasteiger partial charge in [0, 0.05) is 22.6 Å². The second kappa shape index (κ2) is 7.99. The summed E-state index contributed by atoms with van der Waals surface area (Å²) in [6, 6.07) is 6.72. The molecule has 4 heteroatoms. The lowest BCUT2D eigenvalue weighted by atomic mass is 10.1. The van der Waals surface area contributed by atoms with Gasteiger partial charge in [-0.1, -0.05) is 39.9 Å². The second-order valence-corrected chi connectivity index (χ2v) is 6.84. The zero-order chi connectivity index (χ0) is 15.3. The van der Waals surface area contributed by atoms with E-state index in [1.165, 1.54) is 5.69 Å². The molecule has 20 heavy (non-hydrogen) atoms. The maximum Gasteiger partial charge on any atom is 0.104 e. The standard InChI is InChI=1S/C16H25BrN2S/c1-5-13(6-2)19(10-11(3)4)15-8-7-12(16(18)20)9-14(15)17/h7-9,11,13H,5-6,10H2,1-4H3,(H2,18,20). The molecule has 2 N–H and O–H groups in total. The summed E-state index contributed by atoms with van der Waals surface area (Å²) in [5, 5.41) is 0. The maximum atomic E-state index is 5.70. The quantitative estimate of drug-likeness (QED) is 0.715. The van der Waals surface area contributed by atoms with E-state index in [4.69, 9.17) is 18.0 Å². The van der Waals surface area contributed by atoms with E-state index in [0.29, 0.717) is 16.9 Å². The third-order valence-corrected chi connectivity index (χ3v) is 4.36. The summed E-state index contributed by atoms with van der Waals surface area (Å²) in [5.74, 6) is 0.623. The predicted octanol–water partition coefficient (Wildman–Crippen LogP) is 4.73. The number of anilines is 1. The van der Waals surface area contributed by atoms with E-state index in [9.17, 15) is 0 Å². The number of thiocarbonyl (C=S) groups is 1. The zero-order valence-electron chi connectivity index (χ0n) is 12.8. The van der Waals surface area contributed by atoms with E-state index in [0.717, 1.165) is 29.4 Å². The first kappa shape index (κ1) is 17.4. The molecule has 0 aromatic heterocycles. The van der Waals surface area contributed by atoms with Crippen molar-refractivity contribution in [2.75, 3.05) is 11.4 Å². The summed E-state index contributed by atoms with van der Waals surface area (Å²) < 4.78 is 1.07. The molecule has 0 aliphatic rings. The molecule has 0 heterocycles. The van der Waals surface area contributed by atoms with Gasteiger partial charge in [-0.05, 0) is 52.9 Å². The Bertz CT molecular complexity index is 456. The first-order valence-corrected chi connectivity index (χ1v) is 8.46. The average Bonchev–Trinajstić information content (AvgIpc) is 2.38. The lowest BCUT2D eigenvalue weighted by Gasteiger charge is -2.35. The molecule has 0 saturated heterocycles. The summed E-state index contributed by atoms with van der Waals surface area (Å²) >= 11 is 8.72. The Morgan fingerprint density at radius 2 is 1.90 bits per heavy atom. The van der Waals surface area contributed by atoms with Gasteiger partial charge in [0.15, 0.2) is 0 Å². The Hall–Kier alpha value is -0.610. The van der Waals surface area contributed by atoms with Gasteiger partial charge < -0.3 is 10.6 Å². The molecule has 1 aromatic carbocycles. The van der Waals surface area contributed by atoms with E-state index in [2.05, 4.69) is 54.6 Å². The van der Waals surface area contributed by atoms with Gasteiger partial charge in [-0.25, -0.2) is 0 Å². The van der Waals surface area contributed by atoms with Gasteiger partial charge >= 0.3 is 0 Å². The summed E-state index contributed by atoms with van der Waals surface area (Å²) in [6.45, 7) is 10.1. The lowest BCUT2D eigenvalue weighted by molar-refractivity contribution is 0.507. The number of nitrogens with zero attached hydrogens (tertiary/aromatic N) is 1. The Balaban J connectivity index is 3.16. The lowest BCUT2D eigenvalue weighted by Crippen LogP contribution is -2.37. The van der Waals surface area contributed by atoms with Crippen molar-refractivity contribution in [3.63, 3.8) is 0 Å². The van der Waals surface area contributed by atoms with Crippen LogP contribution in [0.2, 0.25) is 0 Å². The van der Waals surface area contributed by atoms with Crippen molar-refractivity contribution in [2.45, 2.75) is 46.6 Å². The van der Waals surface area contributed by atoms with Crippen LogP contribution in [0, 0.1) is 5.92 Å². The molecule has 0 fully saturated rings. The third kappa shape index (κ3) is 4.45. The Kier molecular flexibility index (Phi) is 6.96. The molecule has 0 aliphatic carbocycles. The van der Waals surface area contributed by atoms with Crippen molar-refractivity contribution in [1.82, 2.24) is 0 Å². The minimum atomic E-state index is 0.440. The summed E-state index contributed by atoms with van der Waals surface area (Å²) in [4.78, 5) is 2.94. The zero-order valence-corrected chi connectivity index (χ0v) is 15.2. The number of rotatable bonds is 7. The SMILES string of the molecule is CCC(CC)N(CC(C)C)c1ccc(C(N)=S)cc1Br. The van der Waals surface area contributed by atoms with Gasteiger partial charge in [0.2, 0.25) is 0 Å². The Labute approximate surface area is 136 Å². The third-order valence-electron chi connectivity index (χ3n) is 3.49. The van der Waals surface area contributed by atoms with Crippen LogP contribution in [-0.2, 0) is 0 Å². The van der Waals surface area contributed by atoms with Crippen LogP contribution < -0.4 is 10.6 Å². The van der Waals surface area contributed by atoms with Crippen molar-refractivity contribution in [3.8, 4) is 0 Å². The molecular weight excluding hydrogens is 332 g/mol. The van der Waals surface area contributed by atoms with Crippen LogP contribution in [0.4, 0.5) is 5.69 Å². The molecule has 0 atom stereocenters. The van der Waals surface area contributed by atoms with Crippen molar-refractivity contribution in [3.05, 3.63) is 28.2 Å². The minimum Gasteiger partial charge on any atom is -0.389 e. The number of benzene rings is 1. The maximum absolute atomic E-state index is 5.70. The fourth-order valence-electron chi connectivity index (χ4n) is 2.46. The molecule has 0 amide bonds. The fourth-order valence-corrected chi connectivity index (χ4v) is 3.19. The largest absolute Gasteiger partial charge is 0.389 e. The van der Waals surface area contributed by atoms with Gasteiger partial charge in [-0.15, -0.1) is 0 Å². The highest BCUT2D eigenvalue weighted by molar-refractivity contribution is 9.10. The molecular formula is C16H25BrN2S. The van der Waals surface area contributed by atoms with Crippen LogP contribution in [-0.4, -0.2) is 17.6 Å². The summed E-state index contributed by atoms with van der Waals surface area (Å²) in [6.07, 6.45) is 2.29. The van der Waals surface area contributed by atoms with Crippen molar-refractivity contribution in [2.24, 2.45) is 11.7 Å². The number of nitrogens with two attached hydrogens (primary N) is 1. The molecule has 0 radical (unpaired) electrons. The highest BCUT2D eigenvalue weighted by Gasteiger charge is 2.19. The molecule has 112 valence electrons. The smallest absolute Gasteiger partial charge is 0.104 e. The van der Waals surface area contributed by atoms with E-state index in [1.807, 2.05) is 12.1 Å². The van der Waals surface area contributed by atoms with Crippen LogP contribution >= 0.6 is 28.1 Å². The molecule has 2 nitrogen and oxygen atoms in total. The summed E-state index contributed by atoms with van der Waals surface area (Å²) in [7, 11) is 0. The second-order valence-electron chi connectivity index (χ2n) is 5.55. The predicted molar refractivity (Wildman–Crippen MR) is 96.6 cm³/mol. The molecule has 0 saturated carbocycles. The van der Waals surface area contributed by atoms with Crippen LogP contribution in [0.1, 0.15) is 46.1 Å². The van der Waals surface area contributed by atoms with E-state index in [1.54, 1.807) is 0 Å². The van der Waals surface area contributed by atoms with E-state index < -0.39 is 0 Å². The van der Waals surface area contributed by atoms with Crippen LogP contribution in [0.25, 0.3) is 0 Å². The van der Waals surface area contributed by atoms with Gasteiger partial charge in [0.25, 0.3) is 0 Å². The highest BCUT2D eigenvalue weighted by Crippen LogP contribution is 2.31. The molecule has 1 aromatic rings. The molecule has 0 unspecified atom stereocenters. The average molecular weight is 357 g/mol. The Morgan fingerprint density at radius 3 is 2.30 bits per heavy atom. The van der Waals surface area contributed by atoms with Crippen molar-refractivity contribution >= 4 is 38.8 Å². The molecule has 0 spiro atoms. The number of hydrogen-bond donors (Lipinski definition) is 1. The highest BCUT2D eigenvalue weighted by atomic mass is 79.9. The van der Waals surface area contributed by atoms with Crippen LogP contribution in [0.3, 0.4) is 0 Å². The summed E-state index contributed by atoms with van der Waals surface area (Å²) in [5.41, 5.74) is 7.83. The number of halogens is 1. The fraction of sp³-hybridized carbons (Fsp3) is 0.562. The van der Waals surface area contributed by atoms with Gasteiger partial charge in [-0.2, -0.15) is 0 Å². The normalized spacial score (nSPS) is 11.2.